The van der Waals surface area contributed by atoms with Gasteiger partial charge in [-0.25, -0.2) is 18.7 Å². The van der Waals surface area contributed by atoms with Crippen LogP contribution in [0.2, 0.25) is 0 Å². The fourth-order valence-corrected chi connectivity index (χ4v) is 8.04. The molecule has 0 aromatic carbocycles. The molecule has 0 radical (unpaired) electrons. The Hall–Kier alpha value is -2.56. The Morgan fingerprint density at radius 3 is 2.79 bits per heavy atom. The molecule has 230 valence electrons. The number of anilines is 2. The van der Waals surface area contributed by atoms with E-state index < -0.39 is 18.4 Å². The van der Waals surface area contributed by atoms with Crippen molar-refractivity contribution in [3.8, 4) is 5.88 Å². The van der Waals surface area contributed by atoms with Gasteiger partial charge in [-0.15, -0.1) is 0 Å². The van der Waals surface area contributed by atoms with Gasteiger partial charge in [0.15, 0.2) is 6.17 Å². The number of hydrogen-bond donors (Lipinski definition) is 1. The number of aromatic nitrogens is 2. The summed E-state index contributed by atoms with van der Waals surface area (Å²) in [6.07, 6.45) is 3.40. The van der Waals surface area contributed by atoms with Gasteiger partial charge in [0.25, 0.3) is 0 Å². The molecule has 3 saturated heterocycles. The van der Waals surface area contributed by atoms with Crippen molar-refractivity contribution in [2.75, 3.05) is 50.5 Å². The number of alkyl halides is 2. The molecule has 4 aliphatic rings. The Morgan fingerprint density at radius 2 is 2.02 bits per heavy atom. The van der Waals surface area contributed by atoms with Gasteiger partial charge in [0.1, 0.15) is 18.1 Å². The van der Waals surface area contributed by atoms with Crippen molar-refractivity contribution in [1.29, 1.82) is 0 Å². The van der Waals surface area contributed by atoms with Crippen LogP contribution in [-0.4, -0.2) is 96.2 Å². The van der Waals surface area contributed by atoms with Crippen LogP contribution < -0.4 is 15.4 Å². The first-order chi connectivity index (χ1) is 20.3. The number of nitrogens with two attached hydrogens (primary N) is 1. The lowest BCUT2D eigenvalue weighted by atomic mass is 9.70. The predicted molar refractivity (Wildman–Crippen MR) is 160 cm³/mol. The zero-order valence-corrected chi connectivity index (χ0v) is 25.1. The van der Waals surface area contributed by atoms with Gasteiger partial charge >= 0.3 is 0 Å². The lowest BCUT2D eigenvalue weighted by Gasteiger charge is -2.58. The van der Waals surface area contributed by atoms with Gasteiger partial charge in [0.05, 0.1) is 25.6 Å². The van der Waals surface area contributed by atoms with Crippen LogP contribution in [0.3, 0.4) is 0 Å². The Kier molecular flexibility index (Phi) is 8.84. The van der Waals surface area contributed by atoms with Crippen LogP contribution in [-0.2, 0) is 11.3 Å². The number of piperidine rings is 2. The molecule has 2 N–H and O–H groups in total. The quantitative estimate of drug-likeness (QED) is 0.491. The molecule has 2 aromatic rings. The number of pyridine rings is 2. The van der Waals surface area contributed by atoms with Gasteiger partial charge < -0.3 is 20.1 Å². The monoisotopic (exact) mass is 584 g/mol. The Balaban J connectivity index is 1.25. The van der Waals surface area contributed by atoms with E-state index in [9.17, 15) is 4.39 Å². The highest BCUT2D eigenvalue weighted by Crippen LogP contribution is 2.45. The van der Waals surface area contributed by atoms with Gasteiger partial charge in [0.2, 0.25) is 5.88 Å². The van der Waals surface area contributed by atoms with Crippen LogP contribution in [0.5, 0.6) is 5.88 Å². The maximum absolute atomic E-state index is 15.0. The molecule has 0 spiro atoms. The molecule has 4 fully saturated rings. The zero-order valence-electron chi connectivity index (χ0n) is 25.1. The Morgan fingerprint density at radius 1 is 1.17 bits per heavy atom. The lowest BCUT2D eigenvalue weighted by molar-refractivity contribution is -0.203. The second-order valence-corrected chi connectivity index (χ2v) is 13.2. The molecule has 0 bridgehead atoms. The molecule has 3 aliphatic heterocycles. The predicted octanol–water partition coefficient (Wildman–Crippen LogP) is 4.35. The molecular formula is C32H46F2N6O2. The average molecular weight is 585 g/mol. The average Bonchev–Trinajstić information content (AvgIpc) is 2.99. The summed E-state index contributed by atoms with van der Waals surface area (Å²) in [4.78, 5) is 16.2. The van der Waals surface area contributed by atoms with Gasteiger partial charge in [-0.1, -0.05) is 13.8 Å². The van der Waals surface area contributed by atoms with Crippen molar-refractivity contribution < 1.29 is 18.3 Å². The Labute approximate surface area is 248 Å². The van der Waals surface area contributed by atoms with Gasteiger partial charge in [-0.3, -0.25) is 9.80 Å². The number of nitrogen functional groups attached to an aromatic ring is 1. The highest BCUT2D eigenvalue weighted by Gasteiger charge is 2.55. The van der Waals surface area contributed by atoms with E-state index in [1.54, 1.807) is 7.11 Å². The van der Waals surface area contributed by atoms with E-state index in [-0.39, 0.29) is 24.4 Å². The highest BCUT2D eigenvalue weighted by atomic mass is 19.2. The van der Waals surface area contributed by atoms with Crippen LogP contribution in [0.1, 0.15) is 45.1 Å². The largest absolute Gasteiger partial charge is 0.481 e. The van der Waals surface area contributed by atoms with Crippen molar-refractivity contribution in [2.45, 2.75) is 82.6 Å². The van der Waals surface area contributed by atoms with Crippen molar-refractivity contribution in [1.82, 2.24) is 19.8 Å². The summed E-state index contributed by atoms with van der Waals surface area (Å²) in [6, 6.07) is 8.53. The fourth-order valence-electron chi connectivity index (χ4n) is 8.04. The molecule has 1 aliphatic carbocycles. The SMILES string of the molecule is COc1cc(CN(CC2CC3CC(F)C(F)C4OCC(C(C)C)N(C2)C34)[C@H]2CCCN(c3ccc(N)nc3)C2)ccn1. The minimum absolute atomic E-state index is 0.0366. The second kappa shape index (κ2) is 12.6. The van der Waals surface area contributed by atoms with Crippen molar-refractivity contribution in [2.24, 2.45) is 17.8 Å². The molecular weight excluding hydrogens is 538 g/mol. The number of rotatable bonds is 8. The summed E-state index contributed by atoms with van der Waals surface area (Å²) < 4.78 is 41.5. The third kappa shape index (κ3) is 6.08. The van der Waals surface area contributed by atoms with E-state index in [0.29, 0.717) is 36.2 Å². The molecule has 0 amide bonds. The van der Waals surface area contributed by atoms with Crippen molar-refractivity contribution in [3.63, 3.8) is 0 Å². The normalized spacial score (nSPS) is 33.5. The van der Waals surface area contributed by atoms with Crippen LogP contribution >= 0.6 is 0 Å². The molecule has 42 heavy (non-hydrogen) atoms. The standard InChI is InChI=1S/C32H46F2N6O2/c1-20(2)27-19-42-32-30(34)26(33)13-23-11-22(17-40(27)31(23)32)16-39(15-21-8-9-36-29(12-21)41-3)25-5-4-10-38(18-25)24-6-7-28(35)37-14-24/h6-9,12,14,20,22-23,25-27,30-32H,4-5,10-11,13,15-19H2,1-3H3,(H2,35,37)/t22?,23?,25-,26?,27?,30?,31?,32?/m0/s1. The number of nitrogens with zero attached hydrogens (tertiary/aromatic N) is 5. The first-order valence-corrected chi connectivity index (χ1v) is 15.7. The van der Waals surface area contributed by atoms with Gasteiger partial charge in [-0.05, 0) is 67.2 Å². The summed E-state index contributed by atoms with van der Waals surface area (Å²) in [5, 5.41) is 0. The van der Waals surface area contributed by atoms with Gasteiger partial charge in [-0.2, -0.15) is 0 Å². The van der Waals surface area contributed by atoms with Crippen molar-refractivity contribution >= 4 is 11.5 Å². The summed E-state index contributed by atoms with van der Waals surface area (Å²) in [5.41, 5.74) is 8.12. The molecule has 10 heteroatoms. The number of methoxy groups -OCH3 is 1. The van der Waals surface area contributed by atoms with E-state index in [1.807, 2.05) is 24.5 Å². The van der Waals surface area contributed by atoms with E-state index >= 15 is 4.39 Å². The van der Waals surface area contributed by atoms with E-state index in [4.69, 9.17) is 15.2 Å². The summed E-state index contributed by atoms with van der Waals surface area (Å²) in [7, 11) is 1.65. The summed E-state index contributed by atoms with van der Waals surface area (Å²) in [5.74, 6) is 1.98. The van der Waals surface area contributed by atoms with E-state index in [1.165, 1.54) is 0 Å². The van der Waals surface area contributed by atoms with E-state index in [2.05, 4.69) is 50.6 Å². The molecule has 6 rings (SSSR count). The molecule has 1 saturated carbocycles. The fraction of sp³-hybridized carbons (Fsp3) is 0.688. The van der Waals surface area contributed by atoms with Crippen LogP contribution in [0, 0.1) is 17.8 Å². The first kappa shape index (κ1) is 29.5. The van der Waals surface area contributed by atoms with Crippen LogP contribution in [0.4, 0.5) is 20.3 Å². The Bertz CT molecular complexity index is 1190. The summed E-state index contributed by atoms with van der Waals surface area (Å²) in [6.45, 7) is 9.35. The lowest BCUT2D eigenvalue weighted by Crippen LogP contribution is -2.70. The third-order valence-electron chi connectivity index (χ3n) is 10.1. The van der Waals surface area contributed by atoms with Crippen LogP contribution in [0.25, 0.3) is 0 Å². The smallest absolute Gasteiger partial charge is 0.213 e. The molecule has 5 heterocycles. The topological polar surface area (TPSA) is 80.0 Å². The number of hydrogen-bond acceptors (Lipinski definition) is 8. The molecule has 7 unspecified atom stereocenters. The highest BCUT2D eigenvalue weighted by molar-refractivity contribution is 5.48. The number of ether oxygens (including phenoxy) is 2. The first-order valence-electron chi connectivity index (χ1n) is 15.7. The molecule has 2 aromatic heterocycles. The number of halogens is 2. The van der Waals surface area contributed by atoms with E-state index in [0.717, 1.165) is 63.2 Å². The van der Waals surface area contributed by atoms with Gasteiger partial charge in [0, 0.05) is 63.1 Å². The molecule has 8 atom stereocenters. The maximum atomic E-state index is 15.0. The maximum Gasteiger partial charge on any atom is 0.213 e. The van der Waals surface area contributed by atoms with Crippen LogP contribution in [0.15, 0.2) is 36.7 Å². The van der Waals surface area contributed by atoms with Crippen molar-refractivity contribution in [3.05, 3.63) is 42.2 Å². The minimum Gasteiger partial charge on any atom is -0.481 e. The minimum atomic E-state index is -1.53. The molecule has 8 nitrogen and oxygen atoms in total. The third-order valence-corrected chi connectivity index (χ3v) is 10.1. The zero-order chi connectivity index (χ0) is 29.4. The second-order valence-electron chi connectivity index (χ2n) is 13.2. The number of morpholine rings is 1. The summed E-state index contributed by atoms with van der Waals surface area (Å²) >= 11 is 0.